The second-order valence-corrected chi connectivity index (χ2v) is 7.61. The molecule has 0 spiro atoms. The van der Waals surface area contributed by atoms with Gasteiger partial charge in [-0.2, -0.15) is 0 Å². The predicted octanol–water partition coefficient (Wildman–Crippen LogP) is 4.22. The first-order valence-corrected chi connectivity index (χ1v) is 6.71. The maximum absolute atomic E-state index is 4.94. The fraction of sp³-hybridized carbons (Fsp3) is 0. The first kappa shape index (κ1) is 23.8. The van der Waals surface area contributed by atoms with Gasteiger partial charge in [-0.1, -0.05) is 0 Å². The summed E-state index contributed by atoms with van der Waals surface area (Å²) >= 11 is -1.66. The van der Waals surface area contributed by atoms with E-state index in [1.165, 1.54) is 0 Å². The number of rotatable bonds is 0. The summed E-state index contributed by atoms with van der Waals surface area (Å²) in [5, 5.41) is 0. The van der Waals surface area contributed by atoms with E-state index in [2.05, 4.69) is 0 Å². The quantitative estimate of drug-likeness (QED) is 0.580. The van der Waals surface area contributed by atoms with Crippen LogP contribution in [0.1, 0.15) is 0 Å². The molecule has 7 heavy (non-hydrogen) atoms. The summed E-state index contributed by atoms with van der Waals surface area (Å²) < 4.78 is 0. The second kappa shape index (κ2) is 15.7. The molecule has 54 valence electrons. The van der Waals surface area contributed by atoms with E-state index in [1.54, 1.807) is 0 Å². The van der Waals surface area contributed by atoms with Crippen LogP contribution in [0.15, 0.2) is 0 Å². The Balaban J connectivity index is -0.0000000150. The van der Waals surface area contributed by atoms with Gasteiger partial charge in [0.05, 0.1) is 0 Å². The summed E-state index contributed by atoms with van der Waals surface area (Å²) in [7, 11) is 14.8. The van der Waals surface area contributed by atoms with Gasteiger partial charge in [0.1, 0.15) is 0 Å². The van der Waals surface area contributed by atoms with Crippen molar-refractivity contribution < 1.29 is 13.0 Å². The van der Waals surface area contributed by atoms with Crippen molar-refractivity contribution in [1.29, 1.82) is 0 Å². The molecule has 0 aromatic heterocycles. The van der Waals surface area contributed by atoms with E-state index >= 15 is 0 Å². The zero-order chi connectivity index (χ0) is 3.58. The van der Waals surface area contributed by atoms with Crippen molar-refractivity contribution in [3.05, 3.63) is 18.5 Å². The van der Waals surface area contributed by atoms with Crippen LogP contribution < -0.4 is 0 Å². The van der Waals surface area contributed by atoms with E-state index < -0.39 is 13.0 Å². The van der Waals surface area contributed by atoms with Crippen LogP contribution in [0.4, 0.5) is 0 Å². The average Bonchev–Trinajstić information content (AvgIpc) is 0.811. The van der Waals surface area contributed by atoms with Gasteiger partial charge in [-0.25, -0.2) is 0 Å². The largest absolute Gasteiger partial charge is 0.693 e. The van der Waals surface area contributed by atoms with Crippen molar-refractivity contribution in [2.45, 2.75) is 0 Å². The van der Waals surface area contributed by atoms with Gasteiger partial charge in [0.2, 0.25) is 0 Å². The maximum atomic E-state index is 4.94. The summed E-state index contributed by atoms with van der Waals surface area (Å²) in [6.45, 7) is 0. The fourth-order valence-corrected chi connectivity index (χ4v) is 0. The number of hydrogen-bond acceptors (Lipinski definition) is 0. The van der Waals surface area contributed by atoms with Gasteiger partial charge in [0.15, 0.2) is 0 Å². The van der Waals surface area contributed by atoms with Gasteiger partial charge < -0.3 is 18.5 Å². The number of nitrogens with two attached hydrogens (primary N) is 3. The molecule has 3 nitrogen and oxygen atoms in total. The second-order valence-electron chi connectivity index (χ2n) is 0.143. The standard InChI is InChI=1S/3ClH.3H2N.Rh/h3*1H;3*1H2;/q;;;3*-1;+3/p-3. The van der Waals surface area contributed by atoms with Crippen LogP contribution >= 0.6 is 29.1 Å². The van der Waals surface area contributed by atoms with Crippen LogP contribution in [0.3, 0.4) is 0 Å². The Morgan fingerprint density at radius 1 is 0.714 bits per heavy atom. The third-order valence-corrected chi connectivity index (χ3v) is 0. The average molecular weight is 257 g/mol. The van der Waals surface area contributed by atoms with Gasteiger partial charge in [-0.3, -0.25) is 0 Å². The van der Waals surface area contributed by atoms with Gasteiger partial charge in [0, 0.05) is 0 Å². The van der Waals surface area contributed by atoms with Crippen molar-refractivity contribution in [3.8, 4) is 0 Å². The van der Waals surface area contributed by atoms with E-state index in [0.717, 1.165) is 0 Å². The monoisotopic (exact) mass is 256 g/mol. The molecule has 0 rings (SSSR count). The van der Waals surface area contributed by atoms with Gasteiger partial charge >= 0.3 is 42.1 Å². The first-order chi connectivity index (χ1) is 1.73. The third kappa shape index (κ3) is 113. The fourth-order valence-electron chi connectivity index (χ4n) is 0. The van der Waals surface area contributed by atoms with Crippen LogP contribution in [0.25, 0.3) is 18.5 Å². The molecule has 0 heterocycles. The Hall–Kier alpha value is 1.37. The van der Waals surface area contributed by atoms with E-state index in [9.17, 15) is 0 Å². The topological polar surface area (TPSA) is 100 Å². The predicted molar refractivity (Wildman–Crippen MR) is 33.4 cm³/mol. The zero-order valence-corrected chi connectivity index (χ0v) is 7.11. The molecule has 0 amide bonds. The minimum absolute atomic E-state index is 0. The molecule has 0 radical (unpaired) electrons. The van der Waals surface area contributed by atoms with Crippen LogP contribution in [0, 0.1) is 0 Å². The molecular formula is H6Cl3N3Rh-3. The Morgan fingerprint density at radius 3 is 0.714 bits per heavy atom. The molecule has 0 aliphatic rings. The third-order valence-electron chi connectivity index (χ3n) is 0. The van der Waals surface area contributed by atoms with Crippen LogP contribution in [0.2, 0.25) is 0 Å². The summed E-state index contributed by atoms with van der Waals surface area (Å²) in [5.41, 5.74) is 0. The van der Waals surface area contributed by atoms with Crippen LogP contribution in [0.5, 0.6) is 0 Å². The smallest absolute Gasteiger partial charge is 0.693 e. The van der Waals surface area contributed by atoms with Gasteiger partial charge in [0.25, 0.3) is 0 Å². The number of hydrogen-bond donors (Lipinski definition) is 0. The maximum Gasteiger partial charge on any atom is -0.693 e. The van der Waals surface area contributed by atoms with Gasteiger partial charge in [-0.05, 0) is 0 Å². The van der Waals surface area contributed by atoms with Crippen LogP contribution in [-0.4, -0.2) is 0 Å². The minimum Gasteiger partial charge on any atom is -0.693 e. The molecule has 0 aliphatic carbocycles. The van der Waals surface area contributed by atoms with Crippen LogP contribution in [-0.2, 0) is 13.0 Å². The summed E-state index contributed by atoms with van der Waals surface area (Å²) in [6, 6.07) is 0. The Kier molecular flexibility index (Phi) is 53.2. The summed E-state index contributed by atoms with van der Waals surface area (Å²) in [4.78, 5) is 0. The molecule has 0 saturated heterocycles. The molecule has 0 saturated carbocycles. The SMILES string of the molecule is [Cl][Rh]([Cl])[Cl].[NH2-].[NH2-].[NH2-]. The first-order valence-electron chi connectivity index (χ1n) is 0.378. The summed E-state index contributed by atoms with van der Waals surface area (Å²) in [5.74, 6) is 0. The normalized spacial score (nSPS) is 6.43. The van der Waals surface area contributed by atoms with Crippen molar-refractivity contribution >= 4 is 29.1 Å². The Morgan fingerprint density at radius 2 is 0.714 bits per heavy atom. The Bertz CT molecular complexity index is 14.9. The molecule has 0 aromatic carbocycles. The molecule has 6 N–H and O–H groups in total. The molecule has 0 bridgehead atoms. The molecule has 0 fully saturated rings. The molecule has 0 atom stereocenters. The van der Waals surface area contributed by atoms with Gasteiger partial charge in [-0.15, -0.1) is 0 Å². The van der Waals surface area contributed by atoms with E-state index in [-0.39, 0.29) is 18.5 Å². The zero-order valence-electron chi connectivity index (χ0n) is 3.20. The van der Waals surface area contributed by atoms with Crippen molar-refractivity contribution in [3.63, 3.8) is 0 Å². The summed E-state index contributed by atoms with van der Waals surface area (Å²) in [6.07, 6.45) is 0. The Labute approximate surface area is 60.5 Å². The van der Waals surface area contributed by atoms with Crippen molar-refractivity contribution in [2.75, 3.05) is 0 Å². The van der Waals surface area contributed by atoms with E-state index in [4.69, 9.17) is 29.1 Å². The minimum atomic E-state index is -1.66. The van der Waals surface area contributed by atoms with E-state index in [0.29, 0.717) is 0 Å². The molecule has 0 aliphatic heterocycles. The van der Waals surface area contributed by atoms with Crippen molar-refractivity contribution in [1.82, 2.24) is 0 Å². The molecule has 0 unspecified atom stereocenters. The number of halogens is 3. The van der Waals surface area contributed by atoms with E-state index in [1.807, 2.05) is 0 Å². The molecular weight excluding hydrogens is 251 g/mol. The van der Waals surface area contributed by atoms with Crippen molar-refractivity contribution in [2.24, 2.45) is 0 Å². The molecule has 7 heteroatoms. The molecule has 0 aromatic rings.